The Bertz CT molecular complexity index is 1040. The van der Waals surface area contributed by atoms with Gasteiger partial charge >= 0.3 is 13.8 Å². The minimum absolute atomic E-state index is 0.0750. The van der Waals surface area contributed by atoms with Gasteiger partial charge in [-0.3, -0.25) is 18.7 Å². The van der Waals surface area contributed by atoms with Crippen LogP contribution in [-0.2, 0) is 28.2 Å². The highest BCUT2D eigenvalue weighted by Gasteiger charge is 2.48. The Morgan fingerprint density at radius 3 is 2.69 bits per heavy atom. The highest BCUT2D eigenvalue weighted by atomic mass is 31.2. The van der Waals surface area contributed by atoms with Crippen LogP contribution in [0.4, 0.5) is 5.82 Å². The SMILES string of the molecule is NC(=O)CC[C@H](N)C(=O)O[C@H]1[C@@H](O)[C@H](n2cnc3c(N)ncnc32)O[C@@H]1COP(=O)(O)O. The van der Waals surface area contributed by atoms with Crippen LogP contribution in [0.2, 0.25) is 0 Å². The van der Waals surface area contributed by atoms with Crippen molar-refractivity contribution in [2.24, 2.45) is 11.5 Å². The highest BCUT2D eigenvalue weighted by Crippen LogP contribution is 2.39. The molecule has 0 aliphatic carbocycles. The number of rotatable bonds is 9. The smallest absolute Gasteiger partial charge is 0.455 e. The Labute approximate surface area is 179 Å². The number of hydrogen-bond donors (Lipinski definition) is 6. The van der Waals surface area contributed by atoms with Crippen molar-refractivity contribution in [1.29, 1.82) is 0 Å². The van der Waals surface area contributed by atoms with Crippen molar-refractivity contribution in [3.05, 3.63) is 12.7 Å². The molecule has 0 unspecified atom stereocenters. The number of ether oxygens (including phenoxy) is 2. The van der Waals surface area contributed by atoms with Crippen molar-refractivity contribution in [1.82, 2.24) is 19.5 Å². The van der Waals surface area contributed by atoms with Gasteiger partial charge in [-0.25, -0.2) is 19.5 Å². The monoisotopic (exact) mass is 475 g/mol. The standard InChI is InChI=1S/C15H22N7O9P/c16-6(1-2-8(17)23)15(25)31-11-7(3-29-32(26,27)28)30-14(10(11)24)22-5-21-9-12(18)19-4-20-13(9)22/h4-7,10-11,14,24H,1-3,16H2,(H2,17,23)(H2,18,19,20)(H2,26,27,28)/t6-,7+,10+,11+,14+/m0/s1. The highest BCUT2D eigenvalue weighted by molar-refractivity contribution is 7.46. The summed E-state index contributed by atoms with van der Waals surface area (Å²) in [5.41, 5.74) is 16.9. The molecule has 5 atom stereocenters. The lowest BCUT2D eigenvalue weighted by Gasteiger charge is -2.22. The van der Waals surface area contributed by atoms with Crippen LogP contribution in [0, 0.1) is 0 Å². The molecule has 17 heteroatoms. The van der Waals surface area contributed by atoms with Crippen molar-refractivity contribution in [3.63, 3.8) is 0 Å². The summed E-state index contributed by atoms with van der Waals surface area (Å²) in [5.74, 6) is -1.58. The van der Waals surface area contributed by atoms with E-state index in [0.29, 0.717) is 0 Å². The number of aliphatic hydroxyl groups is 1. The molecule has 1 saturated heterocycles. The molecule has 0 radical (unpaired) electrons. The summed E-state index contributed by atoms with van der Waals surface area (Å²) in [6, 6.07) is -1.24. The molecule has 0 bridgehead atoms. The lowest BCUT2D eigenvalue weighted by atomic mass is 10.1. The van der Waals surface area contributed by atoms with Crippen LogP contribution in [0.5, 0.6) is 0 Å². The van der Waals surface area contributed by atoms with Crippen LogP contribution in [0.15, 0.2) is 12.7 Å². The third-order valence-corrected chi connectivity index (χ3v) is 5.12. The number of primary amides is 1. The third-order valence-electron chi connectivity index (χ3n) is 4.63. The average Bonchev–Trinajstić information content (AvgIpc) is 3.26. The van der Waals surface area contributed by atoms with E-state index in [9.17, 15) is 19.3 Å². The number of nitrogens with two attached hydrogens (primary N) is 3. The number of phosphoric ester groups is 1. The van der Waals surface area contributed by atoms with Crippen molar-refractivity contribution in [3.8, 4) is 0 Å². The molecule has 1 fully saturated rings. The summed E-state index contributed by atoms with van der Waals surface area (Å²) in [6.07, 6.45) is -3.36. The van der Waals surface area contributed by atoms with Crippen molar-refractivity contribution in [2.45, 2.75) is 43.4 Å². The topological polar surface area (TPSA) is 261 Å². The van der Waals surface area contributed by atoms with E-state index >= 15 is 0 Å². The molecule has 1 aliphatic heterocycles. The molecular weight excluding hydrogens is 453 g/mol. The zero-order valence-electron chi connectivity index (χ0n) is 16.4. The Hall–Kier alpha value is -2.72. The number of aliphatic hydroxyl groups excluding tert-OH is 1. The number of hydrogen-bond acceptors (Lipinski definition) is 12. The zero-order valence-corrected chi connectivity index (χ0v) is 17.3. The number of carbonyl (C=O) groups excluding carboxylic acids is 2. The van der Waals surface area contributed by atoms with Crippen molar-refractivity contribution < 1.29 is 43.0 Å². The van der Waals surface area contributed by atoms with Gasteiger partial charge in [0, 0.05) is 6.42 Å². The molecule has 32 heavy (non-hydrogen) atoms. The van der Waals surface area contributed by atoms with Gasteiger partial charge in [0.1, 0.15) is 30.1 Å². The predicted molar refractivity (Wildman–Crippen MR) is 104 cm³/mol. The van der Waals surface area contributed by atoms with E-state index in [4.69, 9.17) is 36.5 Å². The summed E-state index contributed by atoms with van der Waals surface area (Å²) in [6.45, 7) is -0.726. The molecule has 3 heterocycles. The van der Waals surface area contributed by atoms with Crippen LogP contribution >= 0.6 is 7.82 Å². The second-order valence-corrected chi connectivity index (χ2v) is 8.18. The number of esters is 1. The van der Waals surface area contributed by atoms with E-state index < -0.39 is 56.9 Å². The van der Waals surface area contributed by atoms with E-state index in [2.05, 4.69) is 19.5 Å². The first-order chi connectivity index (χ1) is 15.0. The van der Waals surface area contributed by atoms with E-state index in [1.807, 2.05) is 0 Å². The first-order valence-electron chi connectivity index (χ1n) is 9.19. The summed E-state index contributed by atoms with van der Waals surface area (Å²) in [7, 11) is -4.90. The first-order valence-corrected chi connectivity index (χ1v) is 10.7. The predicted octanol–water partition coefficient (Wildman–Crippen LogP) is -2.72. The van der Waals surface area contributed by atoms with Gasteiger partial charge in [-0.05, 0) is 6.42 Å². The maximum Gasteiger partial charge on any atom is 0.469 e. The first kappa shape index (κ1) is 23.9. The number of phosphoric acid groups is 1. The molecule has 1 aliphatic rings. The van der Waals surface area contributed by atoms with Crippen LogP contribution in [0.3, 0.4) is 0 Å². The van der Waals surface area contributed by atoms with Gasteiger partial charge in [0.25, 0.3) is 0 Å². The second kappa shape index (κ2) is 9.41. The number of nitrogen functional groups attached to an aromatic ring is 1. The fourth-order valence-corrected chi connectivity index (χ4v) is 3.43. The lowest BCUT2D eigenvalue weighted by Crippen LogP contribution is -2.43. The van der Waals surface area contributed by atoms with Gasteiger partial charge in [0.2, 0.25) is 5.91 Å². The van der Waals surface area contributed by atoms with Crippen LogP contribution in [-0.4, -0.2) is 77.2 Å². The van der Waals surface area contributed by atoms with Gasteiger partial charge in [-0.15, -0.1) is 0 Å². The molecule has 2 aromatic heterocycles. The van der Waals surface area contributed by atoms with Crippen molar-refractivity contribution in [2.75, 3.05) is 12.3 Å². The number of fused-ring (bicyclic) bond motifs is 1. The fraction of sp³-hybridized carbons (Fsp3) is 0.533. The molecule has 0 saturated carbocycles. The Balaban J connectivity index is 1.83. The average molecular weight is 475 g/mol. The lowest BCUT2D eigenvalue weighted by molar-refractivity contribution is -0.158. The zero-order chi connectivity index (χ0) is 23.6. The largest absolute Gasteiger partial charge is 0.469 e. The molecule has 3 rings (SSSR count). The van der Waals surface area contributed by atoms with E-state index in [1.165, 1.54) is 17.2 Å². The Morgan fingerprint density at radius 1 is 1.31 bits per heavy atom. The van der Waals surface area contributed by atoms with E-state index in [0.717, 1.165) is 0 Å². The normalized spacial score (nSPS) is 24.5. The maximum absolute atomic E-state index is 12.3. The quantitative estimate of drug-likeness (QED) is 0.159. The molecule has 9 N–H and O–H groups in total. The molecule has 176 valence electrons. The maximum atomic E-state index is 12.3. The van der Waals surface area contributed by atoms with E-state index in [1.54, 1.807) is 0 Å². The summed E-state index contributed by atoms with van der Waals surface area (Å²) >= 11 is 0. The summed E-state index contributed by atoms with van der Waals surface area (Å²) < 4.78 is 27.8. The van der Waals surface area contributed by atoms with E-state index in [-0.39, 0.29) is 29.8 Å². The van der Waals surface area contributed by atoms with Crippen LogP contribution < -0.4 is 17.2 Å². The number of carbonyl (C=O) groups is 2. The molecule has 16 nitrogen and oxygen atoms in total. The number of amides is 1. The van der Waals surface area contributed by atoms with Gasteiger partial charge < -0.3 is 41.6 Å². The number of aromatic nitrogens is 4. The third kappa shape index (κ3) is 5.36. The second-order valence-electron chi connectivity index (χ2n) is 6.94. The van der Waals surface area contributed by atoms with Crippen LogP contribution in [0.1, 0.15) is 19.1 Å². The number of imidazole rings is 1. The van der Waals surface area contributed by atoms with Crippen molar-refractivity contribution >= 4 is 36.7 Å². The minimum Gasteiger partial charge on any atom is -0.455 e. The Kier molecular flexibility index (Phi) is 7.04. The molecular formula is C15H22N7O9P. The minimum atomic E-state index is -4.90. The summed E-state index contributed by atoms with van der Waals surface area (Å²) in [5, 5.41) is 10.8. The van der Waals surface area contributed by atoms with Gasteiger partial charge in [-0.2, -0.15) is 0 Å². The van der Waals surface area contributed by atoms with Crippen LogP contribution in [0.25, 0.3) is 11.2 Å². The van der Waals surface area contributed by atoms with Gasteiger partial charge in [-0.1, -0.05) is 0 Å². The summed E-state index contributed by atoms with van der Waals surface area (Å²) in [4.78, 5) is 53.1. The molecule has 0 spiro atoms. The number of anilines is 1. The number of nitrogens with zero attached hydrogens (tertiary/aromatic N) is 4. The van der Waals surface area contributed by atoms with Gasteiger partial charge in [0.15, 0.2) is 23.8 Å². The fourth-order valence-electron chi connectivity index (χ4n) is 3.09. The molecule has 2 aromatic rings. The van der Waals surface area contributed by atoms with Gasteiger partial charge in [0.05, 0.1) is 12.9 Å². The molecule has 0 aromatic carbocycles. The molecule has 1 amide bonds. The Morgan fingerprint density at radius 2 is 2.03 bits per heavy atom.